The second-order valence-corrected chi connectivity index (χ2v) is 9.31. The third-order valence-electron chi connectivity index (χ3n) is 5.30. The summed E-state index contributed by atoms with van der Waals surface area (Å²) in [5.74, 6) is 5.15. The number of rotatable bonds is 14. The van der Waals surface area contributed by atoms with Crippen LogP contribution in [0, 0.1) is 0 Å². The molecule has 0 bridgehead atoms. The Kier molecular flexibility index (Phi) is 24.0. The summed E-state index contributed by atoms with van der Waals surface area (Å²) in [6.45, 7) is 11.4. The molecule has 0 aromatic heterocycles. The van der Waals surface area contributed by atoms with Crippen LogP contribution in [0.3, 0.4) is 0 Å². The number of unbranched alkanes of at least 4 members (excludes halogenated alkanes) is 4. The molecule has 3 unspecified atom stereocenters. The van der Waals surface area contributed by atoms with Gasteiger partial charge in [-0.15, -0.1) is 0 Å². The molecule has 5 N–H and O–H groups in total. The number of hydrogen-bond acceptors (Lipinski definition) is 8. The van der Waals surface area contributed by atoms with Gasteiger partial charge < -0.3 is 30.2 Å². The molecule has 1 aliphatic rings. The van der Waals surface area contributed by atoms with E-state index in [1.807, 2.05) is 6.92 Å². The predicted octanol–water partition coefficient (Wildman–Crippen LogP) is 4.17. The van der Waals surface area contributed by atoms with Crippen molar-refractivity contribution in [2.75, 3.05) is 33.8 Å². The Hall–Kier alpha value is -1.35. The smallest absolute Gasteiger partial charge is 0.327 e. The average molecular weight is 489 g/mol. The van der Waals surface area contributed by atoms with Crippen LogP contribution in [0.2, 0.25) is 0 Å². The number of aliphatic hydroxyl groups excluding tert-OH is 1. The fourth-order valence-corrected chi connectivity index (χ4v) is 3.38. The zero-order valence-electron chi connectivity index (χ0n) is 23.2. The van der Waals surface area contributed by atoms with Gasteiger partial charge in [0.05, 0.1) is 24.5 Å². The highest BCUT2D eigenvalue weighted by Crippen LogP contribution is 2.18. The first-order chi connectivity index (χ1) is 16.1. The normalized spacial score (nSPS) is 18.5. The average Bonchev–Trinajstić information content (AvgIpc) is 3.19. The van der Waals surface area contributed by atoms with E-state index in [4.69, 9.17) is 26.2 Å². The maximum Gasteiger partial charge on any atom is 0.327 e. The molecule has 0 radical (unpaired) electrons. The minimum absolute atomic E-state index is 0.0509. The number of hydrogen-bond donors (Lipinski definition) is 3. The standard InChI is InChI=1S/C12H25N3O3.C8H17NO.C6H14/c1-3-5-6-11(4-2)18-12(17)8-15(14)7-10(13)9-16;1-7-4-5-8(10-7)6-9(2)3;1-3-5-6-4-2/h7,11,16H,3-6,8-9,13-14H2,1-2H3;7-8H,4-6H2,1-3H3;3-6H2,1-2H3/b10-7-;;. The van der Waals surface area contributed by atoms with Gasteiger partial charge in [-0.2, -0.15) is 0 Å². The number of aliphatic hydroxyl groups is 1. The largest absolute Gasteiger partial charge is 0.461 e. The van der Waals surface area contributed by atoms with Crippen LogP contribution in [0.4, 0.5) is 0 Å². The van der Waals surface area contributed by atoms with Crippen molar-refractivity contribution in [2.45, 2.75) is 117 Å². The topological polar surface area (TPSA) is 114 Å². The van der Waals surface area contributed by atoms with Gasteiger partial charge in [0.25, 0.3) is 0 Å². The SMILES string of the molecule is CC1CCC(CN(C)C)O1.CCCCC(CC)OC(=O)CN(N)/C=C(\N)CO.CCCCCC. The van der Waals surface area contributed by atoms with Gasteiger partial charge in [0.1, 0.15) is 12.6 Å². The number of hydrazine groups is 1. The Balaban J connectivity index is 0. The van der Waals surface area contributed by atoms with Crippen LogP contribution < -0.4 is 11.6 Å². The van der Waals surface area contributed by atoms with E-state index in [-0.39, 0.29) is 30.9 Å². The Morgan fingerprint density at radius 2 is 1.71 bits per heavy atom. The van der Waals surface area contributed by atoms with Gasteiger partial charge in [-0.3, -0.25) is 4.79 Å². The van der Waals surface area contributed by atoms with Gasteiger partial charge in [0.15, 0.2) is 0 Å². The van der Waals surface area contributed by atoms with Crippen LogP contribution >= 0.6 is 0 Å². The third-order valence-corrected chi connectivity index (χ3v) is 5.30. The lowest BCUT2D eigenvalue weighted by atomic mass is 10.1. The molecule has 1 fully saturated rings. The van der Waals surface area contributed by atoms with Crippen LogP contribution in [-0.4, -0.2) is 73.1 Å². The van der Waals surface area contributed by atoms with Gasteiger partial charge in [-0.25, -0.2) is 5.84 Å². The molecule has 1 rings (SSSR count). The maximum absolute atomic E-state index is 11.6. The minimum Gasteiger partial charge on any atom is -0.461 e. The quantitative estimate of drug-likeness (QED) is 0.144. The summed E-state index contributed by atoms with van der Waals surface area (Å²) < 4.78 is 10.9. The lowest BCUT2D eigenvalue weighted by Gasteiger charge is -2.18. The Morgan fingerprint density at radius 3 is 2.12 bits per heavy atom. The van der Waals surface area contributed by atoms with Crippen molar-refractivity contribution in [1.82, 2.24) is 9.91 Å². The monoisotopic (exact) mass is 488 g/mol. The molecule has 1 heterocycles. The molecule has 0 amide bonds. The first-order valence-corrected chi connectivity index (χ1v) is 13.2. The lowest BCUT2D eigenvalue weighted by Crippen LogP contribution is -2.35. The van der Waals surface area contributed by atoms with Crippen molar-refractivity contribution in [2.24, 2.45) is 11.6 Å². The molecule has 0 spiro atoms. The molecular weight excluding hydrogens is 432 g/mol. The minimum atomic E-state index is -0.387. The Bertz CT molecular complexity index is 499. The molecular formula is C26H56N4O4. The number of ether oxygens (including phenoxy) is 2. The second-order valence-electron chi connectivity index (χ2n) is 9.31. The second kappa shape index (κ2) is 23.4. The highest BCUT2D eigenvalue weighted by Gasteiger charge is 2.21. The molecule has 0 aromatic rings. The van der Waals surface area contributed by atoms with Crippen molar-refractivity contribution >= 4 is 5.97 Å². The number of nitrogens with two attached hydrogens (primary N) is 2. The summed E-state index contributed by atoms with van der Waals surface area (Å²) in [6.07, 6.45) is 14.0. The van der Waals surface area contributed by atoms with Gasteiger partial charge in [0, 0.05) is 12.7 Å². The lowest BCUT2D eigenvalue weighted by molar-refractivity contribution is -0.150. The van der Waals surface area contributed by atoms with Crippen molar-refractivity contribution < 1.29 is 19.4 Å². The molecule has 3 atom stereocenters. The van der Waals surface area contributed by atoms with E-state index < -0.39 is 0 Å². The molecule has 8 heteroatoms. The molecule has 1 aliphatic heterocycles. The molecule has 34 heavy (non-hydrogen) atoms. The highest BCUT2D eigenvalue weighted by molar-refractivity contribution is 5.71. The summed E-state index contributed by atoms with van der Waals surface area (Å²) in [5.41, 5.74) is 5.58. The molecule has 0 aromatic carbocycles. The Morgan fingerprint density at radius 1 is 1.12 bits per heavy atom. The van der Waals surface area contributed by atoms with Crippen molar-refractivity contribution in [1.29, 1.82) is 0 Å². The molecule has 8 nitrogen and oxygen atoms in total. The van der Waals surface area contributed by atoms with Gasteiger partial charge >= 0.3 is 5.97 Å². The zero-order valence-corrected chi connectivity index (χ0v) is 23.2. The summed E-state index contributed by atoms with van der Waals surface area (Å²) in [5, 5.41) is 9.82. The predicted molar refractivity (Wildman–Crippen MR) is 142 cm³/mol. The number of carbonyl (C=O) groups excluding carboxylic acids is 1. The fourth-order valence-electron chi connectivity index (χ4n) is 3.38. The van der Waals surface area contributed by atoms with Crippen LogP contribution in [0.1, 0.15) is 98.8 Å². The van der Waals surface area contributed by atoms with Gasteiger partial charge in [0.2, 0.25) is 0 Å². The highest BCUT2D eigenvalue weighted by atomic mass is 16.5. The van der Waals surface area contributed by atoms with Crippen molar-refractivity contribution in [3.63, 3.8) is 0 Å². The van der Waals surface area contributed by atoms with Crippen LogP contribution in [0.15, 0.2) is 11.9 Å². The maximum atomic E-state index is 11.6. The van der Waals surface area contributed by atoms with E-state index in [1.54, 1.807) is 0 Å². The number of likely N-dealkylation sites (N-methyl/N-ethyl adjacent to an activating group) is 1. The van der Waals surface area contributed by atoms with Crippen molar-refractivity contribution in [3.8, 4) is 0 Å². The van der Waals surface area contributed by atoms with E-state index in [2.05, 4.69) is 46.7 Å². The van der Waals surface area contributed by atoms with E-state index in [9.17, 15) is 4.79 Å². The third kappa shape index (κ3) is 22.4. The molecule has 1 saturated heterocycles. The molecule has 0 aliphatic carbocycles. The fraction of sp³-hybridized carbons (Fsp3) is 0.885. The van der Waals surface area contributed by atoms with E-state index in [1.165, 1.54) is 44.7 Å². The van der Waals surface area contributed by atoms with E-state index >= 15 is 0 Å². The molecule has 204 valence electrons. The van der Waals surface area contributed by atoms with E-state index in [0.29, 0.717) is 12.2 Å². The van der Waals surface area contributed by atoms with Crippen LogP contribution in [0.25, 0.3) is 0 Å². The summed E-state index contributed by atoms with van der Waals surface area (Å²) in [6, 6.07) is 0. The Labute approximate surface area is 210 Å². The number of carbonyl (C=O) groups is 1. The summed E-state index contributed by atoms with van der Waals surface area (Å²) in [4.78, 5) is 13.8. The first-order valence-electron chi connectivity index (χ1n) is 13.2. The first kappa shape index (κ1) is 34.8. The molecule has 0 saturated carbocycles. The van der Waals surface area contributed by atoms with E-state index in [0.717, 1.165) is 37.2 Å². The van der Waals surface area contributed by atoms with Gasteiger partial charge in [-0.05, 0) is 46.7 Å². The van der Waals surface area contributed by atoms with Crippen LogP contribution in [0.5, 0.6) is 0 Å². The van der Waals surface area contributed by atoms with Gasteiger partial charge in [-0.1, -0.05) is 66.2 Å². The van der Waals surface area contributed by atoms with Crippen molar-refractivity contribution in [3.05, 3.63) is 11.9 Å². The summed E-state index contributed by atoms with van der Waals surface area (Å²) >= 11 is 0. The number of nitrogens with zero attached hydrogens (tertiary/aromatic N) is 2. The number of esters is 1. The zero-order chi connectivity index (χ0) is 26.4. The summed E-state index contributed by atoms with van der Waals surface area (Å²) in [7, 11) is 4.18. The van der Waals surface area contributed by atoms with Crippen LogP contribution in [-0.2, 0) is 14.3 Å².